The highest BCUT2D eigenvalue weighted by atomic mass is 16.8. The van der Waals surface area contributed by atoms with Gasteiger partial charge in [0.25, 0.3) is 0 Å². The lowest BCUT2D eigenvalue weighted by Crippen LogP contribution is -2.23. The molecule has 0 spiro atoms. The summed E-state index contributed by atoms with van der Waals surface area (Å²) in [4.78, 5) is 33.1. The fourth-order valence-electron chi connectivity index (χ4n) is 2.30. The number of nitrogens with one attached hydrogen (secondary N) is 1. The number of ether oxygens (including phenoxy) is 2. The van der Waals surface area contributed by atoms with Crippen LogP contribution in [0.4, 0.5) is 9.59 Å². The van der Waals surface area contributed by atoms with E-state index in [2.05, 4.69) is 20.6 Å². The van der Waals surface area contributed by atoms with E-state index in [9.17, 15) is 9.59 Å². The zero-order valence-electron chi connectivity index (χ0n) is 14.5. The van der Waals surface area contributed by atoms with Gasteiger partial charge in [0.05, 0.1) is 6.61 Å². The summed E-state index contributed by atoms with van der Waals surface area (Å²) in [6, 6.07) is 8.82. The molecule has 142 valence electrons. The molecule has 1 aromatic carbocycles. The van der Waals surface area contributed by atoms with Crippen LogP contribution in [0.1, 0.15) is 12.6 Å². The third kappa shape index (κ3) is 4.69. The van der Waals surface area contributed by atoms with Crippen molar-refractivity contribution in [2.24, 2.45) is 0 Å². The Morgan fingerprint density at radius 3 is 2.89 bits per heavy atom. The van der Waals surface area contributed by atoms with E-state index in [4.69, 9.17) is 14.3 Å². The van der Waals surface area contributed by atoms with Gasteiger partial charge in [-0.2, -0.15) is 0 Å². The molecule has 0 aliphatic heterocycles. The number of para-hydroxylation sites is 1. The van der Waals surface area contributed by atoms with Gasteiger partial charge < -0.3 is 14.8 Å². The molecule has 0 radical (unpaired) electrons. The summed E-state index contributed by atoms with van der Waals surface area (Å²) in [5.41, 5.74) is 2.72. The summed E-state index contributed by atoms with van der Waals surface area (Å²) in [5, 5.41) is 9.99. The first-order valence-corrected chi connectivity index (χ1v) is 8.09. The molecule has 10 heteroatoms. The molecule has 0 saturated heterocycles. The fraction of sp³-hybridized carbons (Fsp3) is 0.235. The van der Waals surface area contributed by atoms with Crippen molar-refractivity contribution in [2.75, 3.05) is 13.7 Å². The Hall–Kier alpha value is -3.69. The number of nitrogens with zero attached hydrogens (tertiary/aromatic N) is 4. The van der Waals surface area contributed by atoms with Gasteiger partial charge >= 0.3 is 12.2 Å². The minimum atomic E-state index is -0.900. The first kappa shape index (κ1) is 18.1. The molecule has 0 aliphatic rings. The molecular weight excluding hydrogens is 354 g/mol. The SMILES string of the molecule is CNC(=O)OCc1cnccc1CCOC(=O)On1nnc2ccccc21.[HH]. The lowest BCUT2D eigenvalue weighted by Gasteiger charge is -2.10. The number of amides is 1. The number of rotatable bonds is 6. The largest absolute Gasteiger partial charge is 0.535 e. The molecule has 1 N–H and O–H groups in total. The summed E-state index contributed by atoms with van der Waals surface area (Å²) in [5.74, 6) is 0. The number of alkyl carbamates (subject to hydrolysis) is 1. The number of hydrogen-bond donors (Lipinski definition) is 1. The van der Waals surface area contributed by atoms with E-state index < -0.39 is 12.2 Å². The molecule has 0 fully saturated rings. The molecule has 1 amide bonds. The maximum atomic E-state index is 11.9. The van der Waals surface area contributed by atoms with Gasteiger partial charge in [0, 0.05) is 32.9 Å². The summed E-state index contributed by atoms with van der Waals surface area (Å²) in [7, 11) is 1.48. The maximum absolute atomic E-state index is 11.9. The minimum absolute atomic E-state index is 0. The van der Waals surface area contributed by atoms with Crippen molar-refractivity contribution in [1.82, 2.24) is 25.5 Å². The molecule has 10 nitrogen and oxygen atoms in total. The number of carbonyl (C=O) groups excluding carboxylic acids is 2. The Balaban J connectivity index is 0.00000280. The van der Waals surface area contributed by atoms with E-state index in [0.29, 0.717) is 17.5 Å². The molecule has 27 heavy (non-hydrogen) atoms. The van der Waals surface area contributed by atoms with Crippen LogP contribution in [0.25, 0.3) is 11.0 Å². The summed E-state index contributed by atoms with van der Waals surface area (Å²) in [6.07, 6.45) is 2.17. The molecular formula is C17H19N5O5. The molecule has 0 atom stereocenters. The number of aromatic nitrogens is 4. The van der Waals surface area contributed by atoms with E-state index in [-0.39, 0.29) is 14.6 Å². The summed E-state index contributed by atoms with van der Waals surface area (Å²) < 4.78 is 10.1. The van der Waals surface area contributed by atoms with Crippen molar-refractivity contribution in [2.45, 2.75) is 13.0 Å². The van der Waals surface area contributed by atoms with Gasteiger partial charge in [-0.1, -0.05) is 17.0 Å². The van der Waals surface area contributed by atoms with Crippen LogP contribution in [0.5, 0.6) is 0 Å². The van der Waals surface area contributed by atoms with Crippen molar-refractivity contribution in [3.8, 4) is 0 Å². The van der Waals surface area contributed by atoms with Gasteiger partial charge in [0.15, 0.2) is 0 Å². The molecule has 0 bridgehead atoms. The Kier molecular flexibility index (Phi) is 5.77. The van der Waals surface area contributed by atoms with E-state index in [1.54, 1.807) is 42.7 Å². The van der Waals surface area contributed by atoms with Gasteiger partial charge in [-0.15, -0.1) is 5.10 Å². The Labute approximate surface area is 155 Å². The maximum Gasteiger partial charge on any atom is 0.535 e. The van der Waals surface area contributed by atoms with Crippen molar-refractivity contribution < 1.29 is 25.3 Å². The average molecular weight is 373 g/mol. The highest BCUT2D eigenvalue weighted by Crippen LogP contribution is 2.11. The van der Waals surface area contributed by atoms with Gasteiger partial charge in [0.1, 0.15) is 17.6 Å². The number of pyridine rings is 1. The predicted molar refractivity (Wildman–Crippen MR) is 94.8 cm³/mol. The predicted octanol–water partition coefficient (Wildman–Crippen LogP) is 1.74. The van der Waals surface area contributed by atoms with Crippen LogP contribution in [0.15, 0.2) is 42.7 Å². The van der Waals surface area contributed by atoms with E-state index in [1.807, 2.05) is 0 Å². The molecule has 2 aromatic heterocycles. The number of benzene rings is 1. The van der Waals surface area contributed by atoms with Gasteiger partial charge in [-0.05, 0) is 29.0 Å². The summed E-state index contributed by atoms with van der Waals surface area (Å²) >= 11 is 0. The van der Waals surface area contributed by atoms with Crippen molar-refractivity contribution in [3.63, 3.8) is 0 Å². The normalized spacial score (nSPS) is 10.4. The lowest BCUT2D eigenvalue weighted by molar-refractivity contribution is 0.0401. The third-order valence-corrected chi connectivity index (χ3v) is 3.64. The Morgan fingerprint density at radius 2 is 2.04 bits per heavy atom. The van der Waals surface area contributed by atoms with E-state index in [0.717, 1.165) is 16.0 Å². The van der Waals surface area contributed by atoms with Gasteiger partial charge in [0.2, 0.25) is 0 Å². The first-order chi connectivity index (χ1) is 13.2. The number of fused-ring (bicyclic) bond motifs is 1. The second-order valence-corrected chi connectivity index (χ2v) is 5.36. The smallest absolute Gasteiger partial charge is 0.445 e. The zero-order chi connectivity index (χ0) is 19.1. The number of carbonyl (C=O) groups is 2. The highest BCUT2D eigenvalue weighted by molar-refractivity contribution is 5.74. The van der Waals surface area contributed by atoms with Crippen LogP contribution in [-0.4, -0.2) is 46.0 Å². The lowest BCUT2D eigenvalue weighted by atomic mass is 10.1. The highest BCUT2D eigenvalue weighted by Gasteiger charge is 2.12. The zero-order valence-corrected chi connectivity index (χ0v) is 14.5. The van der Waals surface area contributed by atoms with E-state index >= 15 is 0 Å². The van der Waals surface area contributed by atoms with Crippen molar-refractivity contribution >= 4 is 23.3 Å². The molecule has 0 unspecified atom stereocenters. The number of hydrogen-bond acceptors (Lipinski definition) is 8. The standard InChI is InChI=1S/C17H17N5O5.H2/c1-18-16(23)26-11-13-10-19-8-6-12(13)7-9-25-17(24)27-22-15-5-3-2-4-14(15)20-21-22;/h2-6,8,10H,7,9,11H2,1H3,(H,18,23);1H. The summed E-state index contributed by atoms with van der Waals surface area (Å²) in [6.45, 7) is 0.140. The van der Waals surface area contributed by atoms with Crippen LogP contribution in [-0.2, 0) is 22.5 Å². The molecule has 2 heterocycles. The van der Waals surface area contributed by atoms with Gasteiger partial charge in [-0.3, -0.25) is 9.82 Å². The average Bonchev–Trinajstić information content (AvgIpc) is 3.10. The van der Waals surface area contributed by atoms with Crippen LogP contribution in [0, 0.1) is 0 Å². The third-order valence-electron chi connectivity index (χ3n) is 3.64. The fourth-order valence-corrected chi connectivity index (χ4v) is 2.30. The molecule has 3 rings (SSSR count). The monoisotopic (exact) mass is 373 g/mol. The first-order valence-electron chi connectivity index (χ1n) is 8.09. The van der Waals surface area contributed by atoms with Crippen LogP contribution in [0.2, 0.25) is 0 Å². The topological polar surface area (TPSA) is 117 Å². The quantitative estimate of drug-likeness (QED) is 0.513. The minimum Gasteiger partial charge on any atom is -0.445 e. The second kappa shape index (κ2) is 8.61. The van der Waals surface area contributed by atoms with E-state index in [1.165, 1.54) is 7.05 Å². The van der Waals surface area contributed by atoms with Crippen molar-refractivity contribution in [3.05, 3.63) is 53.9 Å². The molecule has 3 aromatic rings. The van der Waals surface area contributed by atoms with Gasteiger partial charge in [-0.25, -0.2) is 9.59 Å². The van der Waals surface area contributed by atoms with Crippen LogP contribution >= 0.6 is 0 Å². The second-order valence-electron chi connectivity index (χ2n) is 5.36. The molecule has 0 saturated carbocycles. The van der Waals surface area contributed by atoms with Crippen LogP contribution < -0.4 is 10.2 Å². The van der Waals surface area contributed by atoms with Crippen molar-refractivity contribution in [1.29, 1.82) is 0 Å². The van der Waals surface area contributed by atoms with Crippen LogP contribution in [0.3, 0.4) is 0 Å². The Bertz CT molecular complexity index is 948. The Morgan fingerprint density at radius 1 is 1.19 bits per heavy atom. The molecule has 0 aliphatic carbocycles.